The summed E-state index contributed by atoms with van der Waals surface area (Å²) in [4.78, 5) is 1.45. The second kappa shape index (κ2) is 5.64. The number of rotatable bonds is 4. The van der Waals surface area contributed by atoms with Gasteiger partial charge in [0.25, 0.3) is 0 Å². The van der Waals surface area contributed by atoms with Gasteiger partial charge in [-0.2, -0.15) is 0 Å². The fraction of sp³-hybridized carbons (Fsp3) is 0.600. The molecule has 18 heavy (non-hydrogen) atoms. The third-order valence-corrected chi connectivity index (χ3v) is 5.43. The minimum Gasteiger partial charge on any atom is -0.393 e. The number of thioether (sulfide) groups is 1. The van der Waals surface area contributed by atoms with E-state index in [1.54, 1.807) is 0 Å². The van der Waals surface area contributed by atoms with Gasteiger partial charge < -0.3 is 10.4 Å². The number of aliphatic hydroxyl groups excluding tert-OH is 1. The maximum absolute atomic E-state index is 9.78. The summed E-state index contributed by atoms with van der Waals surface area (Å²) < 4.78 is 0. The highest BCUT2D eigenvalue weighted by Gasteiger charge is 2.26. The number of hydrogen-bond acceptors (Lipinski definition) is 3. The topological polar surface area (TPSA) is 32.3 Å². The van der Waals surface area contributed by atoms with Crippen molar-refractivity contribution in [2.45, 2.75) is 41.9 Å². The number of aliphatic hydroxyl groups is 1. The van der Waals surface area contributed by atoms with Crippen LogP contribution >= 0.6 is 11.8 Å². The molecule has 3 rings (SSSR count). The van der Waals surface area contributed by atoms with Crippen LogP contribution in [0, 0.1) is 5.92 Å². The predicted molar refractivity (Wildman–Crippen MR) is 76.0 cm³/mol. The second-order valence-electron chi connectivity index (χ2n) is 5.47. The minimum atomic E-state index is -0.0640. The average Bonchev–Trinajstić information content (AvgIpc) is 2.96. The zero-order valence-electron chi connectivity index (χ0n) is 10.6. The van der Waals surface area contributed by atoms with Gasteiger partial charge in [0.1, 0.15) is 0 Å². The summed E-state index contributed by atoms with van der Waals surface area (Å²) in [5.41, 5.74) is 1.50. The zero-order chi connectivity index (χ0) is 12.4. The van der Waals surface area contributed by atoms with Crippen molar-refractivity contribution in [2.75, 3.05) is 13.1 Å². The fourth-order valence-electron chi connectivity index (χ4n) is 3.05. The third-order valence-electron chi connectivity index (χ3n) is 4.11. The highest BCUT2D eigenvalue weighted by molar-refractivity contribution is 8.00. The van der Waals surface area contributed by atoms with Crippen molar-refractivity contribution in [2.24, 2.45) is 5.92 Å². The summed E-state index contributed by atoms with van der Waals surface area (Å²) in [5, 5.41) is 14.0. The van der Waals surface area contributed by atoms with Gasteiger partial charge >= 0.3 is 0 Å². The summed E-state index contributed by atoms with van der Waals surface area (Å²) in [6.45, 7) is 2.04. The Morgan fingerprint density at radius 1 is 1.22 bits per heavy atom. The quantitative estimate of drug-likeness (QED) is 0.875. The summed E-state index contributed by atoms with van der Waals surface area (Å²) >= 11 is 1.99. The first-order valence-corrected chi connectivity index (χ1v) is 7.84. The Labute approximate surface area is 113 Å². The lowest BCUT2D eigenvalue weighted by molar-refractivity contribution is 0.132. The van der Waals surface area contributed by atoms with Crippen LogP contribution in [-0.4, -0.2) is 29.5 Å². The Hall–Kier alpha value is -0.510. The lowest BCUT2D eigenvalue weighted by atomic mass is 10.1. The highest BCUT2D eigenvalue weighted by atomic mass is 32.2. The van der Waals surface area contributed by atoms with Gasteiger partial charge in [0.2, 0.25) is 0 Å². The van der Waals surface area contributed by atoms with Crippen LogP contribution in [0.3, 0.4) is 0 Å². The molecule has 1 aliphatic heterocycles. The van der Waals surface area contributed by atoms with Crippen molar-refractivity contribution in [1.82, 2.24) is 5.32 Å². The van der Waals surface area contributed by atoms with E-state index in [-0.39, 0.29) is 6.10 Å². The van der Waals surface area contributed by atoms with E-state index >= 15 is 0 Å². The van der Waals surface area contributed by atoms with Gasteiger partial charge in [0.15, 0.2) is 0 Å². The van der Waals surface area contributed by atoms with Crippen LogP contribution in [0.2, 0.25) is 0 Å². The van der Waals surface area contributed by atoms with Crippen LogP contribution < -0.4 is 5.32 Å². The van der Waals surface area contributed by atoms with E-state index < -0.39 is 0 Å². The molecule has 1 saturated carbocycles. The smallest absolute Gasteiger partial charge is 0.0580 e. The molecular formula is C15H21NOS. The number of nitrogens with one attached hydrogen (secondary N) is 1. The second-order valence-corrected chi connectivity index (χ2v) is 6.81. The average molecular weight is 263 g/mol. The molecule has 3 unspecified atom stereocenters. The summed E-state index contributed by atoms with van der Waals surface area (Å²) in [5.74, 6) is 0.485. The van der Waals surface area contributed by atoms with Crippen LogP contribution in [0.4, 0.5) is 0 Å². The molecule has 3 heteroatoms. The monoisotopic (exact) mass is 263 g/mol. The van der Waals surface area contributed by atoms with Gasteiger partial charge in [0.05, 0.1) is 6.10 Å². The van der Waals surface area contributed by atoms with Crippen molar-refractivity contribution < 1.29 is 5.11 Å². The largest absolute Gasteiger partial charge is 0.393 e. The molecule has 2 aliphatic rings. The Kier molecular flexibility index (Phi) is 3.92. The van der Waals surface area contributed by atoms with E-state index in [1.807, 2.05) is 11.8 Å². The Balaban J connectivity index is 1.43. The Bertz CT molecular complexity index is 384. The minimum absolute atomic E-state index is 0.0640. The molecule has 2 nitrogen and oxygen atoms in total. The van der Waals surface area contributed by atoms with Crippen LogP contribution in [0.5, 0.6) is 0 Å². The lowest BCUT2D eigenvalue weighted by Gasteiger charge is -2.16. The molecule has 0 spiro atoms. The van der Waals surface area contributed by atoms with Crippen LogP contribution in [0.25, 0.3) is 0 Å². The summed E-state index contributed by atoms with van der Waals surface area (Å²) in [6, 6.07) is 8.71. The normalized spacial score (nSPS) is 30.6. The zero-order valence-corrected chi connectivity index (χ0v) is 11.5. The lowest BCUT2D eigenvalue weighted by Crippen LogP contribution is -2.32. The SMILES string of the molecule is OC1CCCC1CNCC1Cc2ccccc2S1. The molecule has 0 amide bonds. The van der Waals surface area contributed by atoms with E-state index in [4.69, 9.17) is 0 Å². The van der Waals surface area contributed by atoms with Crippen molar-refractivity contribution >= 4 is 11.8 Å². The maximum Gasteiger partial charge on any atom is 0.0580 e. The molecule has 1 aromatic carbocycles. The first kappa shape index (κ1) is 12.5. The molecular weight excluding hydrogens is 242 g/mol. The van der Waals surface area contributed by atoms with Crippen molar-refractivity contribution in [1.29, 1.82) is 0 Å². The van der Waals surface area contributed by atoms with Crippen LogP contribution in [-0.2, 0) is 6.42 Å². The van der Waals surface area contributed by atoms with E-state index in [0.29, 0.717) is 11.2 Å². The molecule has 1 aliphatic carbocycles. The fourth-order valence-corrected chi connectivity index (χ4v) is 4.34. The van der Waals surface area contributed by atoms with Crippen LogP contribution in [0.15, 0.2) is 29.2 Å². The van der Waals surface area contributed by atoms with Gasteiger partial charge in [-0.25, -0.2) is 0 Å². The molecule has 1 fully saturated rings. The van der Waals surface area contributed by atoms with Gasteiger partial charge in [-0.05, 0) is 36.8 Å². The predicted octanol–water partition coefficient (Wildman–Crippen LogP) is 2.45. The molecule has 3 atom stereocenters. The van der Waals surface area contributed by atoms with Crippen molar-refractivity contribution in [3.8, 4) is 0 Å². The number of fused-ring (bicyclic) bond motifs is 1. The van der Waals surface area contributed by atoms with Gasteiger partial charge in [0, 0.05) is 23.2 Å². The summed E-state index contributed by atoms with van der Waals surface area (Å²) in [6.07, 6.45) is 4.49. The van der Waals surface area contributed by atoms with Gasteiger partial charge in [-0.15, -0.1) is 11.8 Å². The molecule has 1 heterocycles. The Morgan fingerprint density at radius 2 is 2.11 bits per heavy atom. The van der Waals surface area contributed by atoms with Crippen molar-refractivity contribution in [3.63, 3.8) is 0 Å². The molecule has 0 radical (unpaired) electrons. The molecule has 98 valence electrons. The molecule has 0 aromatic heterocycles. The Morgan fingerprint density at radius 3 is 2.89 bits per heavy atom. The van der Waals surface area contributed by atoms with E-state index in [9.17, 15) is 5.11 Å². The van der Waals surface area contributed by atoms with Gasteiger partial charge in [-0.1, -0.05) is 24.6 Å². The van der Waals surface area contributed by atoms with Gasteiger partial charge in [-0.3, -0.25) is 0 Å². The van der Waals surface area contributed by atoms with E-state index in [1.165, 1.54) is 29.7 Å². The molecule has 2 N–H and O–H groups in total. The molecule has 0 bridgehead atoms. The first-order chi connectivity index (χ1) is 8.83. The molecule has 0 saturated heterocycles. The van der Waals surface area contributed by atoms with E-state index in [0.717, 1.165) is 19.5 Å². The maximum atomic E-state index is 9.78. The van der Waals surface area contributed by atoms with E-state index in [2.05, 4.69) is 29.6 Å². The highest BCUT2D eigenvalue weighted by Crippen LogP contribution is 2.36. The molecule has 1 aromatic rings. The van der Waals surface area contributed by atoms with Crippen LogP contribution in [0.1, 0.15) is 24.8 Å². The standard InChI is InChI=1S/C15H21NOS/c17-14-6-3-5-12(14)9-16-10-13-8-11-4-1-2-7-15(11)18-13/h1-2,4,7,12-14,16-17H,3,5-6,8-10H2. The number of hydrogen-bond donors (Lipinski definition) is 2. The number of benzene rings is 1. The third kappa shape index (κ3) is 2.73. The van der Waals surface area contributed by atoms with Crippen molar-refractivity contribution in [3.05, 3.63) is 29.8 Å². The first-order valence-electron chi connectivity index (χ1n) is 6.96. The summed E-state index contributed by atoms with van der Waals surface area (Å²) in [7, 11) is 0.